The minimum Gasteiger partial charge on any atom is -0.352 e. The van der Waals surface area contributed by atoms with E-state index in [-0.39, 0.29) is 0 Å². The summed E-state index contributed by atoms with van der Waals surface area (Å²) in [6.45, 7) is 5.59. The van der Waals surface area contributed by atoms with Crippen molar-refractivity contribution in [2.24, 2.45) is 7.05 Å². The Hall–Kier alpha value is -4.08. The van der Waals surface area contributed by atoms with Gasteiger partial charge in [0.1, 0.15) is 12.1 Å². The highest BCUT2D eigenvalue weighted by Gasteiger charge is 2.31. The summed E-state index contributed by atoms with van der Waals surface area (Å²) in [5, 5.41) is 9.64. The van der Waals surface area contributed by atoms with Gasteiger partial charge in [0.05, 0.1) is 34.2 Å². The van der Waals surface area contributed by atoms with Crippen LogP contribution in [0.5, 0.6) is 0 Å². The number of piperazine rings is 1. The zero-order chi connectivity index (χ0) is 23.1. The van der Waals surface area contributed by atoms with Crippen LogP contribution >= 0.6 is 0 Å². The van der Waals surface area contributed by atoms with Gasteiger partial charge in [0.15, 0.2) is 5.65 Å². The Kier molecular flexibility index (Phi) is 5.12. The summed E-state index contributed by atoms with van der Waals surface area (Å²) in [6.07, 6.45) is 3.28. The van der Waals surface area contributed by atoms with E-state index in [0.717, 1.165) is 22.5 Å². The second-order valence-electron chi connectivity index (χ2n) is 8.10. The van der Waals surface area contributed by atoms with Crippen LogP contribution in [0, 0.1) is 13.8 Å². The molecule has 4 aromatic rings. The quantitative estimate of drug-likeness (QED) is 0.349. The first kappa shape index (κ1) is 20.8. The molecule has 5 rings (SSSR count). The Balaban J connectivity index is 1.32. The highest BCUT2D eigenvalue weighted by molar-refractivity contribution is 6.43. The molecule has 3 aromatic heterocycles. The van der Waals surface area contributed by atoms with Crippen LogP contribution in [-0.2, 0) is 11.8 Å². The number of amides is 1. The molecule has 10 nitrogen and oxygen atoms in total. The maximum atomic E-state index is 13.2. The van der Waals surface area contributed by atoms with Gasteiger partial charge in [0, 0.05) is 33.2 Å². The van der Waals surface area contributed by atoms with Crippen molar-refractivity contribution in [3.63, 3.8) is 0 Å². The lowest BCUT2D eigenvalue weighted by atomic mass is 10.1. The fourth-order valence-corrected chi connectivity index (χ4v) is 4.37. The predicted octanol–water partition coefficient (Wildman–Crippen LogP) is 1.70. The summed E-state index contributed by atoms with van der Waals surface area (Å²) in [7, 11) is 1.84. The van der Waals surface area contributed by atoms with Gasteiger partial charge in [-0.15, -0.1) is 0 Å². The molecule has 0 unspecified atom stereocenters. The van der Waals surface area contributed by atoms with Gasteiger partial charge in [-0.05, 0) is 26.0 Å². The van der Waals surface area contributed by atoms with Crippen molar-refractivity contribution in [3.8, 4) is 5.69 Å². The van der Waals surface area contributed by atoms with Gasteiger partial charge in [-0.1, -0.05) is 18.2 Å². The summed E-state index contributed by atoms with van der Waals surface area (Å²) >= 11 is 0. The first-order valence-corrected chi connectivity index (χ1v) is 10.8. The molecule has 0 spiro atoms. The molecule has 0 atom stereocenters. The van der Waals surface area contributed by atoms with E-state index < -0.39 is 11.7 Å². The molecule has 1 aliphatic rings. The van der Waals surface area contributed by atoms with Gasteiger partial charge in [-0.3, -0.25) is 14.3 Å². The molecule has 33 heavy (non-hydrogen) atoms. The number of carbonyl (C=O) groups excluding carboxylic acids is 2. The van der Waals surface area contributed by atoms with E-state index in [1.807, 2.05) is 44.3 Å². The molecule has 0 radical (unpaired) electrons. The lowest BCUT2D eigenvalue weighted by molar-refractivity contribution is -0.126. The molecule has 1 aliphatic heterocycles. The van der Waals surface area contributed by atoms with Crippen molar-refractivity contribution in [3.05, 3.63) is 59.8 Å². The molecule has 10 heteroatoms. The van der Waals surface area contributed by atoms with E-state index in [1.54, 1.807) is 27.4 Å². The molecule has 0 aliphatic carbocycles. The van der Waals surface area contributed by atoms with Gasteiger partial charge in [0.25, 0.3) is 11.7 Å². The topological polar surface area (TPSA) is 102 Å². The smallest absolute Gasteiger partial charge is 0.295 e. The van der Waals surface area contributed by atoms with Crippen LogP contribution in [0.25, 0.3) is 16.7 Å². The minimum absolute atomic E-state index is 0.374. The third kappa shape index (κ3) is 3.53. The summed E-state index contributed by atoms with van der Waals surface area (Å²) in [6, 6.07) is 9.58. The highest BCUT2D eigenvalue weighted by atomic mass is 16.2. The van der Waals surface area contributed by atoms with Crippen LogP contribution in [0.2, 0.25) is 0 Å². The second-order valence-corrected chi connectivity index (χ2v) is 8.10. The van der Waals surface area contributed by atoms with Crippen LogP contribution in [0.3, 0.4) is 0 Å². The zero-order valence-corrected chi connectivity index (χ0v) is 18.8. The molecule has 0 N–H and O–H groups in total. The Morgan fingerprint density at radius 1 is 0.970 bits per heavy atom. The molecule has 0 bridgehead atoms. The fraction of sp³-hybridized carbons (Fsp3) is 0.304. The molecule has 168 valence electrons. The number of hydrogen-bond acceptors (Lipinski definition) is 7. The van der Waals surface area contributed by atoms with Crippen LogP contribution in [-0.4, -0.2) is 72.3 Å². The number of hydrogen-bond donors (Lipinski definition) is 0. The molecule has 4 heterocycles. The lowest BCUT2D eigenvalue weighted by Crippen LogP contribution is -2.51. The predicted molar refractivity (Wildman–Crippen MR) is 122 cm³/mol. The van der Waals surface area contributed by atoms with E-state index in [9.17, 15) is 9.59 Å². The lowest BCUT2D eigenvalue weighted by Gasteiger charge is -2.35. The Morgan fingerprint density at radius 2 is 1.70 bits per heavy atom. The van der Waals surface area contributed by atoms with Crippen LogP contribution in [0.15, 0.2) is 42.9 Å². The van der Waals surface area contributed by atoms with Gasteiger partial charge >= 0.3 is 0 Å². The molecular weight excluding hydrogens is 420 g/mol. The number of fused-ring (bicyclic) bond motifs is 1. The van der Waals surface area contributed by atoms with Gasteiger partial charge in [-0.25, -0.2) is 14.6 Å². The standard InChI is InChI=1S/C23H24N8O2/c1-15-19(16(2)31(27-15)17-7-5-4-6-8-17)20(32)23(33)30-11-9-29(10-12-30)22-18-13-26-28(3)21(18)24-14-25-22/h4-8,13-14H,9-12H2,1-3H3. The summed E-state index contributed by atoms with van der Waals surface area (Å²) in [5.41, 5.74) is 3.20. The molecule has 1 saturated heterocycles. The molecule has 1 aromatic carbocycles. The number of benzene rings is 1. The van der Waals surface area contributed by atoms with Crippen LogP contribution < -0.4 is 4.90 Å². The summed E-state index contributed by atoms with van der Waals surface area (Å²) in [4.78, 5) is 38.7. The van der Waals surface area contributed by atoms with Crippen molar-refractivity contribution in [2.45, 2.75) is 13.8 Å². The molecule has 0 saturated carbocycles. The number of rotatable bonds is 4. The van der Waals surface area contributed by atoms with E-state index >= 15 is 0 Å². The number of ketones is 1. The van der Waals surface area contributed by atoms with Crippen molar-refractivity contribution in [1.29, 1.82) is 0 Å². The number of aryl methyl sites for hydroxylation is 2. The highest BCUT2D eigenvalue weighted by Crippen LogP contribution is 2.24. The van der Waals surface area contributed by atoms with Crippen molar-refractivity contribution < 1.29 is 9.59 Å². The number of carbonyl (C=O) groups is 2. The first-order valence-electron chi connectivity index (χ1n) is 10.8. The number of nitrogens with zero attached hydrogens (tertiary/aromatic N) is 8. The maximum Gasteiger partial charge on any atom is 0.295 e. The van der Waals surface area contributed by atoms with Gasteiger partial charge < -0.3 is 9.80 Å². The largest absolute Gasteiger partial charge is 0.352 e. The SMILES string of the molecule is Cc1nn(-c2ccccc2)c(C)c1C(=O)C(=O)N1CCN(c2ncnc3c2cnn3C)CC1. The van der Waals surface area contributed by atoms with Crippen molar-refractivity contribution in [1.82, 2.24) is 34.4 Å². The second kappa shape index (κ2) is 8.12. The third-order valence-electron chi connectivity index (χ3n) is 6.09. The number of anilines is 1. The first-order chi connectivity index (χ1) is 16.0. The van der Waals surface area contributed by atoms with E-state index in [1.165, 1.54) is 6.33 Å². The van der Waals surface area contributed by atoms with E-state index in [0.29, 0.717) is 43.1 Å². The number of para-hydroxylation sites is 1. The van der Waals surface area contributed by atoms with E-state index in [2.05, 4.69) is 25.1 Å². The zero-order valence-electron chi connectivity index (χ0n) is 18.8. The monoisotopic (exact) mass is 444 g/mol. The average molecular weight is 444 g/mol. The summed E-state index contributed by atoms with van der Waals surface area (Å²) < 4.78 is 3.42. The van der Waals surface area contributed by atoms with E-state index in [4.69, 9.17) is 0 Å². The fourth-order valence-electron chi connectivity index (χ4n) is 4.37. The van der Waals surface area contributed by atoms with Gasteiger partial charge in [-0.2, -0.15) is 10.2 Å². The number of aromatic nitrogens is 6. The van der Waals surface area contributed by atoms with Crippen LogP contribution in [0.4, 0.5) is 5.82 Å². The Morgan fingerprint density at radius 3 is 2.42 bits per heavy atom. The molecule has 1 fully saturated rings. The molecule has 1 amide bonds. The Labute approximate surface area is 190 Å². The van der Waals surface area contributed by atoms with Crippen molar-refractivity contribution >= 4 is 28.5 Å². The summed E-state index contributed by atoms with van der Waals surface area (Å²) in [5.74, 6) is -0.220. The third-order valence-corrected chi connectivity index (χ3v) is 6.09. The average Bonchev–Trinajstić information content (AvgIpc) is 3.37. The van der Waals surface area contributed by atoms with Crippen LogP contribution in [0.1, 0.15) is 21.7 Å². The van der Waals surface area contributed by atoms with Gasteiger partial charge in [0.2, 0.25) is 0 Å². The normalized spacial score (nSPS) is 14.2. The van der Waals surface area contributed by atoms with Crippen molar-refractivity contribution in [2.75, 3.05) is 31.1 Å². The number of Topliss-reactive ketones (excluding diaryl/α,β-unsaturated/α-hetero) is 1. The molecular formula is C23H24N8O2. The minimum atomic E-state index is -0.516. The maximum absolute atomic E-state index is 13.2. The Bertz CT molecular complexity index is 1350.